The highest BCUT2D eigenvalue weighted by Crippen LogP contribution is 2.19. The van der Waals surface area contributed by atoms with E-state index in [2.05, 4.69) is 11.8 Å². The third-order valence-electron chi connectivity index (χ3n) is 2.87. The normalized spacial score (nSPS) is 32.1. The molecule has 0 radical (unpaired) electrons. The fraction of sp³-hybridized carbons (Fsp3) is 1.00. The van der Waals surface area contributed by atoms with Gasteiger partial charge in [-0.1, -0.05) is 0 Å². The molecule has 0 aromatic rings. The summed E-state index contributed by atoms with van der Waals surface area (Å²) in [6.07, 6.45) is 1.33. The number of nitrogens with two attached hydrogens (primary N) is 1. The van der Waals surface area contributed by atoms with E-state index in [1.54, 1.807) is 0 Å². The molecule has 1 saturated heterocycles. The summed E-state index contributed by atoms with van der Waals surface area (Å²) in [4.78, 5) is 2.19. The van der Waals surface area contributed by atoms with Gasteiger partial charge in [-0.25, -0.2) is 0 Å². The molecule has 1 aliphatic rings. The number of nitrogens with zero attached hydrogens (tertiary/aromatic N) is 1. The van der Waals surface area contributed by atoms with Crippen molar-refractivity contribution in [2.45, 2.75) is 38.0 Å². The third kappa shape index (κ3) is 2.92. The van der Waals surface area contributed by atoms with Gasteiger partial charge in [0.2, 0.25) is 0 Å². The van der Waals surface area contributed by atoms with E-state index in [9.17, 15) is 0 Å². The molecule has 4 heteroatoms. The van der Waals surface area contributed by atoms with E-state index >= 15 is 0 Å². The fourth-order valence-corrected chi connectivity index (χ4v) is 2.04. The van der Waals surface area contributed by atoms with Gasteiger partial charge in [-0.15, -0.1) is 0 Å². The molecule has 3 atom stereocenters. The van der Waals surface area contributed by atoms with Gasteiger partial charge in [-0.05, 0) is 27.3 Å². The van der Waals surface area contributed by atoms with Crippen LogP contribution in [-0.2, 0) is 4.74 Å². The molecule has 84 valence electrons. The Labute approximate surface area is 86.0 Å². The predicted octanol–water partition coefficient (Wildman–Crippen LogP) is -0.195. The standard InChI is InChI=1S/C10H22N2O2/c1-8-9(4-5-14-8)12(3)6-10(2,11)7-13/h8-9,13H,4-7,11H2,1-3H3. The van der Waals surface area contributed by atoms with Crippen molar-refractivity contribution in [1.29, 1.82) is 0 Å². The van der Waals surface area contributed by atoms with E-state index in [1.807, 2.05) is 14.0 Å². The molecule has 1 aliphatic heterocycles. The van der Waals surface area contributed by atoms with Crippen molar-refractivity contribution < 1.29 is 9.84 Å². The average molecular weight is 202 g/mol. The summed E-state index contributed by atoms with van der Waals surface area (Å²) < 4.78 is 5.49. The number of rotatable bonds is 4. The number of hydrogen-bond acceptors (Lipinski definition) is 4. The highest BCUT2D eigenvalue weighted by molar-refractivity contribution is 4.87. The van der Waals surface area contributed by atoms with E-state index in [-0.39, 0.29) is 12.7 Å². The Hall–Kier alpha value is -0.160. The second kappa shape index (κ2) is 4.57. The summed E-state index contributed by atoms with van der Waals surface area (Å²) in [5.74, 6) is 0. The number of ether oxygens (including phenoxy) is 1. The first kappa shape index (κ1) is 11.9. The summed E-state index contributed by atoms with van der Waals surface area (Å²) in [6.45, 7) is 5.49. The molecular formula is C10H22N2O2. The van der Waals surface area contributed by atoms with Gasteiger partial charge >= 0.3 is 0 Å². The molecule has 3 N–H and O–H groups in total. The molecule has 0 bridgehead atoms. The zero-order valence-electron chi connectivity index (χ0n) is 9.36. The summed E-state index contributed by atoms with van der Waals surface area (Å²) in [5.41, 5.74) is 5.38. The predicted molar refractivity (Wildman–Crippen MR) is 56.1 cm³/mol. The van der Waals surface area contributed by atoms with Crippen LogP contribution in [0.5, 0.6) is 0 Å². The zero-order valence-corrected chi connectivity index (χ0v) is 9.36. The lowest BCUT2D eigenvalue weighted by Gasteiger charge is -2.33. The van der Waals surface area contributed by atoms with Crippen LogP contribution in [0.1, 0.15) is 20.3 Å². The molecule has 0 aromatic heterocycles. The van der Waals surface area contributed by atoms with Gasteiger partial charge in [-0.2, -0.15) is 0 Å². The van der Waals surface area contributed by atoms with E-state index < -0.39 is 5.54 Å². The molecule has 0 spiro atoms. The van der Waals surface area contributed by atoms with Crippen LogP contribution in [0.25, 0.3) is 0 Å². The van der Waals surface area contributed by atoms with Crippen LogP contribution in [0.3, 0.4) is 0 Å². The fourth-order valence-electron chi connectivity index (χ4n) is 2.04. The van der Waals surface area contributed by atoms with Crippen molar-refractivity contribution in [3.63, 3.8) is 0 Å². The molecule has 14 heavy (non-hydrogen) atoms. The van der Waals surface area contributed by atoms with E-state index in [0.29, 0.717) is 12.6 Å². The molecule has 4 nitrogen and oxygen atoms in total. The van der Waals surface area contributed by atoms with Crippen LogP contribution >= 0.6 is 0 Å². The van der Waals surface area contributed by atoms with Crippen LogP contribution in [0.2, 0.25) is 0 Å². The topological polar surface area (TPSA) is 58.7 Å². The SMILES string of the molecule is CC1OCCC1N(C)CC(C)(N)CO. The van der Waals surface area contributed by atoms with Gasteiger partial charge in [0, 0.05) is 24.7 Å². The van der Waals surface area contributed by atoms with Crippen molar-refractivity contribution in [2.75, 3.05) is 26.8 Å². The molecule has 1 fully saturated rings. The molecular weight excluding hydrogens is 180 g/mol. The Balaban J connectivity index is 2.45. The van der Waals surface area contributed by atoms with Crippen molar-refractivity contribution in [3.05, 3.63) is 0 Å². The van der Waals surface area contributed by atoms with E-state index in [4.69, 9.17) is 15.6 Å². The highest BCUT2D eigenvalue weighted by atomic mass is 16.5. The maximum absolute atomic E-state index is 9.07. The lowest BCUT2D eigenvalue weighted by Crippen LogP contribution is -2.53. The Morgan fingerprint density at radius 1 is 1.64 bits per heavy atom. The minimum atomic E-state index is -0.517. The Morgan fingerprint density at radius 3 is 2.71 bits per heavy atom. The Morgan fingerprint density at radius 2 is 2.29 bits per heavy atom. The number of likely N-dealkylation sites (N-methyl/N-ethyl adjacent to an activating group) is 1. The minimum absolute atomic E-state index is 0.0132. The summed E-state index contributed by atoms with van der Waals surface area (Å²) in [7, 11) is 2.04. The van der Waals surface area contributed by atoms with E-state index in [0.717, 1.165) is 13.0 Å². The van der Waals surface area contributed by atoms with Crippen LogP contribution in [0, 0.1) is 0 Å². The van der Waals surface area contributed by atoms with Crippen molar-refractivity contribution in [2.24, 2.45) is 5.73 Å². The maximum Gasteiger partial charge on any atom is 0.0702 e. The van der Waals surface area contributed by atoms with Gasteiger partial charge in [0.25, 0.3) is 0 Å². The highest BCUT2D eigenvalue weighted by Gasteiger charge is 2.31. The van der Waals surface area contributed by atoms with Gasteiger partial charge in [0.05, 0.1) is 12.7 Å². The molecule has 0 aromatic carbocycles. The zero-order chi connectivity index (χ0) is 10.8. The molecule has 0 aliphatic carbocycles. The lowest BCUT2D eigenvalue weighted by atomic mass is 10.0. The second-order valence-corrected chi connectivity index (χ2v) is 4.66. The monoisotopic (exact) mass is 202 g/mol. The van der Waals surface area contributed by atoms with Crippen molar-refractivity contribution in [3.8, 4) is 0 Å². The second-order valence-electron chi connectivity index (χ2n) is 4.66. The van der Waals surface area contributed by atoms with Crippen LogP contribution in [0.15, 0.2) is 0 Å². The largest absolute Gasteiger partial charge is 0.394 e. The number of aliphatic hydroxyl groups excluding tert-OH is 1. The molecule has 1 heterocycles. The quantitative estimate of drug-likeness (QED) is 0.663. The number of hydrogen-bond donors (Lipinski definition) is 2. The summed E-state index contributed by atoms with van der Waals surface area (Å²) in [6, 6.07) is 0.435. The molecule has 3 unspecified atom stereocenters. The summed E-state index contributed by atoms with van der Waals surface area (Å²) in [5, 5.41) is 9.07. The first-order chi connectivity index (χ1) is 6.46. The molecule has 0 amide bonds. The molecule has 1 rings (SSSR count). The minimum Gasteiger partial charge on any atom is -0.394 e. The lowest BCUT2D eigenvalue weighted by molar-refractivity contribution is 0.0691. The smallest absolute Gasteiger partial charge is 0.0702 e. The van der Waals surface area contributed by atoms with Gasteiger partial charge in [-0.3, -0.25) is 4.90 Å². The Bertz CT molecular complexity index is 185. The van der Waals surface area contributed by atoms with Crippen molar-refractivity contribution in [1.82, 2.24) is 4.90 Å². The van der Waals surface area contributed by atoms with Gasteiger partial charge in [0.15, 0.2) is 0 Å². The first-order valence-corrected chi connectivity index (χ1v) is 5.18. The van der Waals surface area contributed by atoms with Crippen LogP contribution in [0.4, 0.5) is 0 Å². The number of aliphatic hydroxyl groups is 1. The Kier molecular flexibility index (Phi) is 3.89. The summed E-state index contributed by atoms with van der Waals surface area (Å²) >= 11 is 0. The average Bonchev–Trinajstić information content (AvgIpc) is 2.51. The van der Waals surface area contributed by atoms with Gasteiger partial charge in [0.1, 0.15) is 0 Å². The van der Waals surface area contributed by atoms with Crippen LogP contribution in [-0.4, -0.2) is 54.5 Å². The first-order valence-electron chi connectivity index (χ1n) is 5.18. The third-order valence-corrected chi connectivity index (χ3v) is 2.87. The maximum atomic E-state index is 9.07. The molecule has 0 saturated carbocycles. The van der Waals surface area contributed by atoms with E-state index in [1.165, 1.54) is 0 Å². The van der Waals surface area contributed by atoms with Crippen molar-refractivity contribution >= 4 is 0 Å². The van der Waals surface area contributed by atoms with Crippen LogP contribution < -0.4 is 5.73 Å². The van der Waals surface area contributed by atoms with Gasteiger partial charge < -0.3 is 15.6 Å².